The fraction of sp³-hybridized carbons (Fsp3) is 0.233. The Labute approximate surface area is 193 Å². The molecule has 0 N–H and O–H groups in total. The van der Waals surface area contributed by atoms with Gasteiger partial charge in [0.15, 0.2) is 0 Å². The lowest BCUT2D eigenvalue weighted by molar-refractivity contribution is 0.356. The third kappa shape index (κ3) is 3.73. The first-order valence-corrected chi connectivity index (χ1v) is 12.6. The van der Waals surface area contributed by atoms with Gasteiger partial charge in [-0.05, 0) is 59.4 Å². The molecule has 1 nitrogen and oxygen atoms in total. The Bertz CT molecular complexity index is 1380. The lowest BCUT2D eigenvalue weighted by atomic mass is 9.85. The molecule has 0 amide bonds. The minimum Gasteiger partial charge on any atom is -0.256 e. The van der Waals surface area contributed by atoms with Gasteiger partial charge in [-0.15, -0.1) is 11.3 Å². The highest BCUT2D eigenvalue weighted by Gasteiger charge is 2.16. The molecule has 158 valence electrons. The summed E-state index contributed by atoms with van der Waals surface area (Å²) < 4.78 is 2.68. The first-order valence-electron chi connectivity index (χ1n) is 11.8. The van der Waals surface area contributed by atoms with E-state index in [-0.39, 0.29) is 0 Å². The molecule has 2 heterocycles. The Balaban J connectivity index is 1.49. The van der Waals surface area contributed by atoms with E-state index >= 15 is 0 Å². The molecule has 0 atom stereocenters. The van der Waals surface area contributed by atoms with Crippen LogP contribution in [0.4, 0.5) is 0 Å². The Kier molecular flexibility index (Phi) is 5.24. The number of thiophene rings is 1. The van der Waals surface area contributed by atoms with E-state index in [9.17, 15) is 0 Å². The molecular weight excluding hydrogens is 406 g/mol. The topological polar surface area (TPSA) is 12.9 Å². The van der Waals surface area contributed by atoms with Crippen molar-refractivity contribution in [1.29, 1.82) is 0 Å². The lowest BCUT2D eigenvalue weighted by Crippen LogP contribution is -2.09. The quantitative estimate of drug-likeness (QED) is 0.276. The summed E-state index contributed by atoms with van der Waals surface area (Å²) in [6.45, 7) is 0. The van der Waals surface area contributed by atoms with E-state index in [1.54, 1.807) is 0 Å². The van der Waals surface area contributed by atoms with Crippen LogP contribution in [0.5, 0.6) is 0 Å². The molecule has 5 aromatic rings. The predicted octanol–water partition coefficient (Wildman–Crippen LogP) is 8.91. The first kappa shape index (κ1) is 19.7. The van der Waals surface area contributed by atoms with Gasteiger partial charge in [0.1, 0.15) is 0 Å². The summed E-state index contributed by atoms with van der Waals surface area (Å²) >= 11 is 1.88. The maximum atomic E-state index is 4.80. The molecule has 0 saturated heterocycles. The van der Waals surface area contributed by atoms with Crippen LogP contribution >= 0.6 is 11.3 Å². The van der Waals surface area contributed by atoms with Crippen LogP contribution in [0.25, 0.3) is 42.6 Å². The average molecular weight is 434 g/mol. The Hall–Kier alpha value is -2.97. The molecule has 6 rings (SSSR count). The van der Waals surface area contributed by atoms with Gasteiger partial charge in [-0.2, -0.15) is 0 Å². The highest BCUT2D eigenvalue weighted by molar-refractivity contribution is 7.26. The third-order valence-corrected chi connectivity index (χ3v) is 8.05. The molecule has 1 fully saturated rings. The first-order chi connectivity index (χ1) is 15.8. The van der Waals surface area contributed by atoms with Gasteiger partial charge in [-0.25, -0.2) is 0 Å². The van der Waals surface area contributed by atoms with Gasteiger partial charge in [0, 0.05) is 31.9 Å². The highest BCUT2D eigenvalue weighted by Crippen LogP contribution is 2.42. The van der Waals surface area contributed by atoms with Crippen LogP contribution in [0.2, 0.25) is 0 Å². The standard InChI is InChI=1S/C30H27NS/c1-3-9-21(10-4-1)17-22-15-16-31-27(18-22)24-19-26(23-11-5-2-6-12-23)30-25-13-7-8-14-28(25)32-29(30)20-24/h2,5-8,11-16,18-21H,1,3-4,9-10,17H2. The summed E-state index contributed by atoms with van der Waals surface area (Å²) in [6.07, 6.45) is 10.1. The van der Waals surface area contributed by atoms with Crippen molar-refractivity contribution in [3.8, 4) is 22.4 Å². The summed E-state index contributed by atoms with van der Waals surface area (Å²) in [5.41, 5.74) is 6.30. The zero-order valence-corrected chi connectivity index (χ0v) is 19.1. The van der Waals surface area contributed by atoms with Gasteiger partial charge >= 0.3 is 0 Å². The van der Waals surface area contributed by atoms with Gasteiger partial charge in [-0.1, -0.05) is 80.6 Å². The third-order valence-electron chi connectivity index (χ3n) is 6.93. The SMILES string of the molecule is c1ccc(-c2cc(-c3cc(CC4CCCCC4)ccn3)cc3sc4ccccc4c23)cc1. The Morgan fingerprint density at radius 1 is 0.750 bits per heavy atom. The molecular formula is C30H27NS. The molecule has 2 heteroatoms. The second-order valence-electron chi connectivity index (χ2n) is 9.12. The van der Waals surface area contributed by atoms with E-state index in [2.05, 4.69) is 78.9 Å². The van der Waals surface area contributed by atoms with Crippen molar-refractivity contribution in [2.24, 2.45) is 5.92 Å². The average Bonchev–Trinajstić information content (AvgIpc) is 3.23. The van der Waals surface area contributed by atoms with Crippen molar-refractivity contribution >= 4 is 31.5 Å². The number of hydrogen-bond acceptors (Lipinski definition) is 2. The molecule has 0 spiro atoms. The lowest BCUT2D eigenvalue weighted by Gasteiger charge is -2.21. The number of pyridine rings is 1. The Morgan fingerprint density at radius 2 is 1.56 bits per heavy atom. The van der Waals surface area contributed by atoms with Crippen molar-refractivity contribution in [1.82, 2.24) is 4.98 Å². The fourth-order valence-electron chi connectivity index (χ4n) is 5.33. The van der Waals surface area contributed by atoms with Gasteiger partial charge < -0.3 is 0 Å². The molecule has 0 radical (unpaired) electrons. The maximum absolute atomic E-state index is 4.80. The fourth-order valence-corrected chi connectivity index (χ4v) is 6.50. The molecule has 0 unspecified atom stereocenters. The van der Waals surface area contributed by atoms with Crippen LogP contribution in [0.3, 0.4) is 0 Å². The monoisotopic (exact) mass is 433 g/mol. The van der Waals surface area contributed by atoms with E-state index in [1.165, 1.54) is 81.0 Å². The van der Waals surface area contributed by atoms with Crippen LogP contribution in [-0.4, -0.2) is 4.98 Å². The zero-order valence-electron chi connectivity index (χ0n) is 18.3. The normalized spacial score (nSPS) is 14.9. The van der Waals surface area contributed by atoms with Crippen molar-refractivity contribution in [2.45, 2.75) is 38.5 Å². The van der Waals surface area contributed by atoms with Gasteiger partial charge in [0.2, 0.25) is 0 Å². The van der Waals surface area contributed by atoms with Gasteiger partial charge in [-0.3, -0.25) is 4.98 Å². The summed E-state index contributed by atoms with van der Waals surface area (Å²) in [4.78, 5) is 4.80. The Morgan fingerprint density at radius 3 is 2.44 bits per heavy atom. The van der Waals surface area contributed by atoms with Crippen molar-refractivity contribution in [2.75, 3.05) is 0 Å². The number of fused-ring (bicyclic) bond motifs is 3. The van der Waals surface area contributed by atoms with E-state index in [0.717, 1.165) is 11.6 Å². The molecule has 32 heavy (non-hydrogen) atoms. The molecule has 3 aromatic carbocycles. The number of nitrogens with zero attached hydrogens (tertiary/aromatic N) is 1. The summed E-state index contributed by atoms with van der Waals surface area (Å²) in [7, 11) is 0. The molecule has 1 aliphatic rings. The predicted molar refractivity (Wildman–Crippen MR) is 138 cm³/mol. The van der Waals surface area contributed by atoms with Crippen molar-refractivity contribution < 1.29 is 0 Å². The molecule has 2 aromatic heterocycles. The van der Waals surface area contributed by atoms with Crippen LogP contribution in [0, 0.1) is 5.92 Å². The number of benzene rings is 3. The van der Waals surface area contributed by atoms with Crippen molar-refractivity contribution in [3.05, 3.63) is 90.6 Å². The van der Waals surface area contributed by atoms with E-state index in [1.807, 2.05) is 17.5 Å². The van der Waals surface area contributed by atoms with Crippen LogP contribution < -0.4 is 0 Å². The van der Waals surface area contributed by atoms with Crippen LogP contribution in [-0.2, 0) is 6.42 Å². The highest BCUT2D eigenvalue weighted by atomic mass is 32.1. The van der Waals surface area contributed by atoms with Crippen LogP contribution in [0.1, 0.15) is 37.7 Å². The minimum absolute atomic E-state index is 0.837. The van der Waals surface area contributed by atoms with Crippen molar-refractivity contribution in [3.63, 3.8) is 0 Å². The van der Waals surface area contributed by atoms with Gasteiger partial charge in [0.05, 0.1) is 5.69 Å². The molecule has 0 aliphatic heterocycles. The zero-order chi connectivity index (χ0) is 21.3. The summed E-state index contributed by atoms with van der Waals surface area (Å²) in [6, 6.07) is 28.8. The van der Waals surface area contributed by atoms with E-state index < -0.39 is 0 Å². The number of rotatable bonds is 4. The van der Waals surface area contributed by atoms with Crippen LogP contribution in [0.15, 0.2) is 85.1 Å². The second-order valence-corrected chi connectivity index (χ2v) is 10.2. The summed E-state index contributed by atoms with van der Waals surface area (Å²) in [5.74, 6) is 0.837. The van der Waals surface area contributed by atoms with Gasteiger partial charge in [0.25, 0.3) is 0 Å². The summed E-state index contributed by atoms with van der Waals surface area (Å²) in [5, 5.41) is 2.70. The number of hydrogen-bond donors (Lipinski definition) is 0. The second kappa shape index (κ2) is 8.52. The molecule has 0 bridgehead atoms. The molecule has 1 aliphatic carbocycles. The smallest absolute Gasteiger partial charge is 0.0705 e. The maximum Gasteiger partial charge on any atom is 0.0705 e. The minimum atomic E-state index is 0.837. The molecule has 1 saturated carbocycles. The number of aromatic nitrogens is 1. The van der Waals surface area contributed by atoms with E-state index in [0.29, 0.717) is 0 Å². The van der Waals surface area contributed by atoms with E-state index in [4.69, 9.17) is 4.98 Å². The largest absolute Gasteiger partial charge is 0.256 e.